The molecule has 0 aromatic heterocycles. The Morgan fingerprint density at radius 3 is 2.19 bits per heavy atom. The summed E-state index contributed by atoms with van der Waals surface area (Å²) < 4.78 is 26.9. The first-order chi connectivity index (χ1) is 12.2. The van der Waals surface area contributed by atoms with Gasteiger partial charge in [-0.2, -0.15) is 0 Å². The van der Waals surface area contributed by atoms with Gasteiger partial charge in [0.1, 0.15) is 0 Å². The minimum atomic E-state index is -3.46. The van der Waals surface area contributed by atoms with Gasteiger partial charge in [-0.3, -0.25) is 4.79 Å². The van der Waals surface area contributed by atoms with Gasteiger partial charge in [0, 0.05) is 28.2 Å². The third-order valence-electron chi connectivity index (χ3n) is 3.44. The molecule has 5 nitrogen and oxygen atoms in total. The molecule has 0 aliphatic rings. The number of carbonyl (C=O) groups is 1. The lowest BCUT2D eigenvalue weighted by Crippen LogP contribution is -2.32. The topological polar surface area (TPSA) is 75.3 Å². The highest BCUT2D eigenvalue weighted by atomic mass is 35.5. The summed E-state index contributed by atoms with van der Waals surface area (Å²) in [5, 5.41) is 3.50. The lowest BCUT2D eigenvalue weighted by atomic mass is 10.1. The van der Waals surface area contributed by atoms with Gasteiger partial charge in [0.2, 0.25) is 10.0 Å². The summed E-state index contributed by atoms with van der Waals surface area (Å²) in [6.45, 7) is 3.72. The molecule has 0 radical (unpaired) electrons. The molecule has 0 bridgehead atoms. The van der Waals surface area contributed by atoms with Crippen molar-refractivity contribution in [3.05, 3.63) is 69.2 Å². The number of hydrogen-bond acceptors (Lipinski definition) is 3. The monoisotopic (exact) mass is 414 g/mol. The van der Waals surface area contributed by atoms with Gasteiger partial charge >= 0.3 is 0 Å². The summed E-state index contributed by atoms with van der Waals surface area (Å²) in [7, 11) is -3.46. The molecule has 0 saturated carbocycles. The molecule has 0 spiro atoms. The van der Waals surface area contributed by atoms with E-state index in [1.54, 1.807) is 44.2 Å². The Bertz CT molecular complexity index is 879. The molecular weight excluding hydrogens is 395 g/mol. The molecule has 8 heteroatoms. The molecule has 26 heavy (non-hydrogen) atoms. The number of amides is 1. The third kappa shape index (κ3) is 6.29. The molecule has 2 N–H and O–H groups in total. The van der Waals surface area contributed by atoms with E-state index in [2.05, 4.69) is 10.0 Å². The van der Waals surface area contributed by atoms with Gasteiger partial charge in [-0.05, 0) is 43.2 Å². The van der Waals surface area contributed by atoms with Crippen molar-refractivity contribution in [1.82, 2.24) is 10.0 Å². The summed E-state index contributed by atoms with van der Waals surface area (Å²) in [6, 6.07) is 11.5. The quantitative estimate of drug-likeness (QED) is 0.723. The van der Waals surface area contributed by atoms with E-state index < -0.39 is 10.0 Å². The number of benzene rings is 2. The van der Waals surface area contributed by atoms with Gasteiger partial charge in [-0.1, -0.05) is 47.5 Å². The zero-order valence-electron chi connectivity index (χ0n) is 14.4. The molecule has 0 saturated heterocycles. The minimum absolute atomic E-state index is 0.153. The summed E-state index contributed by atoms with van der Waals surface area (Å²) in [5.41, 5.74) is 1.70. The van der Waals surface area contributed by atoms with Crippen LogP contribution in [-0.2, 0) is 22.3 Å². The second-order valence-corrected chi connectivity index (χ2v) is 8.77. The van der Waals surface area contributed by atoms with Gasteiger partial charge in [0.05, 0.1) is 5.75 Å². The first kappa shape index (κ1) is 20.7. The minimum Gasteiger partial charge on any atom is -0.348 e. The Kier molecular flexibility index (Phi) is 7.06. The third-order valence-corrected chi connectivity index (χ3v) is 5.40. The van der Waals surface area contributed by atoms with Crippen LogP contribution in [0.25, 0.3) is 0 Å². The standard InChI is InChI=1S/C18H20Cl2N2O3S/c1-12(2)22-26(24,25)11-14-6-4-3-5-13(14)10-21-18(23)15-7-16(19)9-17(20)8-15/h3-9,12,22H,10-11H2,1-2H3,(H,21,23). The maximum atomic E-state index is 12.3. The SMILES string of the molecule is CC(C)NS(=O)(=O)Cc1ccccc1CNC(=O)c1cc(Cl)cc(Cl)c1. The number of hydrogen-bond donors (Lipinski definition) is 2. The Hall–Kier alpha value is -1.60. The predicted molar refractivity (Wildman–Crippen MR) is 105 cm³/mol. The zero-order chi connectivity index (χ0) is 19.3. The van der Waals surface area contributed by atoms with Crippen LogP contribution in [-0.4, -0.2) is 20.4 Å². The first-order valence-corrected chi connectivity index (χ1v) is 10.4. The predicted octanol–water partition coefficient (Wildman–Crippen LogP) is 3.75. The fraction of sp³-hybridized carbons (Fsp3) is 0.278. The Morgan fingerprint density at radius 2 is 1.62 bits per heavy atom. The molecule has 2 aromatic rings. The zero-order valence-corrected chi connectivity index (χ0v) is 16.8. The van der Waals surface area contributed by atoms with Gasteiger partial charge < -0.3 is 5.32 Å². The average Bonchev–Trinajstić information content (AvgIpc) is 2.51. The lowest BCUT2D eigenvalue weighted by molar-refractivity contribution is 0.0951. The van der Waals surface area contributed by atoms with Crippen LogP contribution < -0.4 is 10.0 Å². The van der Waals surface area contributed by atoms with Crippen molar-refractivity contribution >= 4 is 39.1 Å². The van der Waals surface area contributed by atoms with E-state index in [0.29, 0.717) is 21.2 Å². The molecule has 0 unspecified atom stereocenters. The largest absolute Gasteiger partial charge is 0.348 e. The van der Waals surface area contributed by atoms with Crippen molar-refractivity contribution in [2.75, 3.05) is 0 Å². The van der Waals surface area contributed by atoms with Crippen LogP contribution in [0.2, 0.25) is 10.0 Å². The van der Waals surface area contributed by atoms with Crippen molar-refractivity contribution in [3.63, 3.8) is 0 Å². The van der Waals surface area contributed by atoms with E-state index >= 15 is 0 Å². The number of rotatable bonds is 7. The van der Waals surface area contributed by atoms with Crippen LogP contribution in [0.1, 0.15) is 35.3 Å². The van der Waals surface area contributed by atoms with Gasteiger partial charge in [-0.15, -0.1) is 0 Å². The van der Waals surface area contributed by atoms with Crippen molar-refractivity contribution < 1.29 is 13.2 Å². The summed E-state index contributed by atoms with van der Waals surface area (Å²) in [6.07, 6.45) is 0. The highest BCUT2D eigenvalue weighted by Gasteiger charge is 2.16. The van der Waals surface area contributed by atoms with Crippen molar-refractivity contribution in [1.29, 1.82) is 0 Å². The van der Waals surface area contributed by atoms with Crippen LogP contribution in [0.5, 0.6) is 0 Å². The Morgan fingerprint density at radius 1 is 1.04 bits per heavy atom. The Labute approximate surface area is 163 Å². The fourth-order valence-corrected chi connectivity index (χ4v) is 4.46. The van der Waals surface area contributed by atoms with E-state index in [1.807, 2.05) is 0 Å². The van der Waals surface area contributed by atoms with Crippen LogP contribution in [0.15, 0.2) is 42.5 Å². The number of sulfonamides is 1. The van der Waals surface area contributed by atoms with E-state index in [-0.39, 0.29) is 24.2 Å². The molecule has 0 fully saturated rings. The molecule has 2 rings (SSSR count). The van der Waals surface area contributed by atoms with E-state index in [4.69, 9.17) is 23.2 Å². The smallest absolute Gasteiger partial charge is 0.251 e. The second-order valence-electron chi connectivity index (χ2n) is 6.14. The molecule has 0 atom stereocenters. The van der Waals surface area contributed by atoms with Crippen molar-refractivity contribution in [3.8, 4) is 0 Å². The normalized spacial score (nSPS) is 11.6. The number of nitrogens with one attached hydrogen (secondary N) is 2. The van der Waals surface area contributed by atoms with E-state index in [1.165, 1.54) is 12.1 Å². The highest BCUT2D eigenvalue weighted by molar-refractivity contribution is 7.88. The number of halogens is 2. The maximum Gasteiger partial charge on any atom is 0.251 e. The average molecular weight is 415 g/mol. The summed E-state index contributed by atoms with van der Waals surface area (Å²) >= 11 is 11.8. The molecule has 0 heterocycles. The second kappa shape index (κ2) is 8.86. The highest BCUT2D eigenvalue weighted by Crippen LogP contribution is 2.19. The molecule has 140 valence electrons. The van der Waals surface area contributed by atoms with Crippen LogP contribution in [0, 0.1) is 0 Å². The van der Waals surface area contributed by atoms with Crippen LogP contribution in [0.3, 0.4) is 0 Å². The molecule has 0 aliphatic heterocycles. The molecule has 0 aliphatic carbocycles. The first-order valence-electron chi connectivity index (χ1n) is 7.97. The summed E-state index contributed by atoms with van der Waals surface area (Å²) in [5.74, 6) is -0.493. The van der Waals surface area contributed by atoms with Crippen LogP contribution in [0.4, 0.5) is 0 Å². The molecule has 1 amide bonds. The maximum absolute atomic E-state index is 12.3. The van der Waals surface area contributed by atoms with Crippen LogP contribution >= 0.6 is 23.2 Å². The van der Waals surface area contributed by atoms with Gasteiger partial charge in [0.15, 0.2) is 0 Å². The van der Waals surface area contributed by atoms with Gasteiger partial charge in [-0.25, -0.2) is 13.1 Å². The van der Waals surface area contributed by atoms with Crippen molar-refractivity contribution in [2.24, 2.45) is 0 Å². The van der Waals surface area contributed by atoms with Crippen molar-refractivity contribution in [2.45, 2.75) is 32.2 Å². The van der Waals surface area contributed by atoms with Gasteiger partial charge in [0.25, 0.3) is 5.91 Å². The molecular formula is C18H20Cl2N2O3S. The molecule has 2 aromatic carbocycles. The van der Waals surface area contributed by atoms with E-state index in [0.717, 1.165) is 5.56 Å². The summed E-state index contributed by atoms with van der Waals surface area (Å²) in [4.78, 5) is 12.3. The Balaban J connectivity index is 2.12. The van der Waals surface area contributed by atoms with E-state index in [9.17, 15) is 13.2 Å². The lowest BCUT2D eigenvalue weighted by Gasteiger charge is -2.13. The fourth-order valence-electron chi connectivity index (χ4n) is 2.44. The number of carbonyl (C=O) groups excluding carboxylic acids is 1.